The first-order chi connectivity index (χ1) is 15.1. The molecule has 2 aromatic heterocycles. The number of rotatable bonds is 8. The Labute approximate surface area is 184 Å². The van der Waals surface area contributed by atoms with Gasteiger partial charge < -0.3 is 15.8 Å². The number of aromatic nitrogens is 2. The summed E-state index contributed by atoms with van der Waals surface area (Å²) in [6, 6.07) is 4.94. The molecule has 0 atom stereocenters. The van der Waals surface area contributed by atoms with Gasteiger partial charge in [0.25, 0.3) is 5.91 Å². The molecule has 1 aromatic carbocycles. The fraction of sp³-hybridized carbons (Fsp3) is 0.391. The second-order valence-electron chi connectivity index (χ2n) is 7.99. The molecule has 0 unspecified atom stereocenters. The molecule has 3 N–H and O–H groups in total. The van der Waals surface area contributed by atoms with Gasteiger partial charge in [-0.25, -0.2) is 13.2 Å². The number of fused-ring (bicyclic) bond motifs is 1. The first-order valence-electron chi connectivity index (χ1n) is 10.4. The fourth-order valence-corrected chi connectivity index (χ4v) is 3.44. The van der Waals surface area contributed by atoms with Crippen molar-refractivity contribution in [1.82, 2.24) is 14.9 Å². The summed E-state index contributed by atoms with van der Waals surface area (Å²) < 4.78 is 48.4. The van der Waals surface area contributed by atoms with Crippen molar-refractivity contribution in [2.24, 2.45) is 5.73 Å². The van der Waals surface area contributed by atoms with E-state index < -0.39 is 35.2 Å². The van der Waals surface area contributed by atoms with Crippen LogP contribution < -0.4 is 15.8 Å². The summed E-state index contributed by atoms with van der Waals surface area (Å²) in [6.45, 7) is 7.17. The van der Waals surface area contributed by atoms with Crippen LogP contribution in [-0.4, -0.2) is 27.6 Å². The van der Waals surface area contributed by atoms with Gasteiger partial charge in [-0.1, -0.05) is 13.8 Å². The number of nitrogens with one attached hydrogen (secondary N) is 1. The van der Waals surface area contributed by atoms with Crippen LogP contribution >= 0.6 is 0 Å². The van der Waals surface area contributed by atoms with Crippen LogP contribution in [0.4, 0.5) is 13.2 Å². The van der Waals surface area contributed by atoms with Gasteiger partial charge in [0.1, 0.15) is 12.4 Å². The molecule has 3 aromatic rings. The zero-order valence-electron chi connectivity index (χ0n) is 18.6. The van der Waals surface area contributed by atoms with Gasteiger partial charge in [0.05, 0.1) is 22.3 Å². The number of hydrogen-bond donors (Lipinski definition) is 2. The van der Waals surface area contributed by atoms with Gasteiger partial charge in [0.2, 0.25) is 5.88 Å². The molecule has 172 valence electrons. The minimum atomic E-state index is -1.30. The van der Waals surface area contributed by atoms with Crippen molar-refractivity contribution in [3.8, 4) is 5.88 Å². The SMILES string of the molecule is CCC(N)(CC)CNC(=O)c1c(C)nn2c(OCc3c(F)ccc(F)c3F)cc(C)cc12. The van der Waals surface area contributed by atoms with E-state index in [4.69, 9.17) is 10.5 Å². The normalized spacial score (nSPS) is 11.8. The number of amides is 1. The number of carbonyl (C=O) groups is 1. The minimum absolute atomic E-state index is 0.167. The molecule has 0 fully saturated rings. The van der Waals surface area contributed by atoms with Crippen molar-refractivity contribution in [3.05, 3.63) is 64.1 Å². The summed E-state index contributed by atoms with van der Waals surface area (Å²) in [5, 5.41) is 7.25. The summed E-state index contributed by atoms with van der Waals surface area (Å²) in [4.78, 5) is 12.9. The number of aryl methyl sites for hydroxylation is 2. The number of ether oxygens (including phenoxy) is 1. The van der Waals surface area contributed by atoms with Gasteiger partial charge in [-0.05, 0) is 50.5 Å². The lowest BCUT2D eigenvalue weighted by Crippen LogP contribution is -2.49. The lowest BCUT2D eigenvalue weighted by atomic mass is 9.94. The molecule has 0 saturated heterocycles. The highest BCUT2D eigenvalue weighted by Gasteiger charge is 2.25. The Kier molecular flexibility index (Phi) is 6.78. The predicted molar refractivity (Wildman–Crippen MR) is 115 cm³/mol. The molecule has 3 rings (SSSR count). The molecular weight excluding hydrogens is 421 g/mol. The number of halogens is 3. The smallest absolute Gasteiger partial charge is 0.255 e. The topological polar surface area (TPSA) is 81.6 Å². The minimum Gasteiger partial charge on any atom is -0.473 e. The Morgan fingerprint density at radius 1 is 1.16 bits per heavy atom. The second-order valence-corrected chi connectivity index (χ2v) is 7.99. The number of nitrogens with zero attached hydrogens (tertiary/aromatic N) is 2. The Bertz CT molecular complexity index is 1160. The van der Waals surface area contributed by atoms with E-state index in [2.05, 4.69) is 10.4 Å². The van der Waals surface area contributed by atoms with Crippen molar-refractivity contribution in [2.45, 2.75) is 52.7 Å². The van der Waals surface area contributed by atoms with Gasteiger partial charge >= 0.3 is 0 Å². The van der Waals surface area contributed by atoms with Gasteiger partial charge in [-0.3, -0.25) is 4.79 Å². The van der Waals surface area contributed by atoms with Crippen LogP contribution in [0, 0.1) is 31.3 Å². The van der Waals surface area contributed by atoms with Gasteiger partial charge in [-0.15, -0.1) is 0 Å². The number of nitrogens with two attached hydrogens (primary N) is 1. The van der Waals surface area contributed by atoms with Crippen molar-refractivity contribution in [1.29, 1.82) is 0 Å². The molecule has 0 spiro atoms. The highest BCUT2D eigenvalue weighted by Crippen LogP contribution is 2.25. The maximum Gasteiger partial charge on any atom is 0.255 e. The summed E-state index contributed by atoms with van der Waals surface area (Å²) in [5.74, 6) is -3.54. The average Bonchev–Trinajstić information content (AvgIpc) is 3.10. The monoisotopic (exact) mass is 448 g/mol. The van der Waals surface area contributed by atoms with Crippen LogP contribution in [0.2, 0.25) is 0 Å². The first kappa shape index (κ1) is 23.6. The Balaban J connectivity index is 1.93. The molecule has 32 heavy (non-hydrogen) atoms. The number of benzene rings is 1. The standard InChI is InChI=1S/C23H27F3N4O2/c1-5-23(27,6-2)12-28-22(31)20-14(4)29-30-18(20)9-13(3)10-19(30)32-11-15-16(24)7-8-17(25)21(15)26/h7-10H,5-6,11-12,27H2,1-4H3,(H,28,31). The van der Waals surface area contributed by atoms with Crippen molar-refractivity contribution in [3.63, 3.8) is 0 Å². The number of carbonyl (C=O) groups excluding carboxylic acids is 1. The summed E-state index contributed by atoms with van der Waals surface area (Å²) in [6.07, 6.45) is 1.42. The number of hydrogen-bond acceptors (Lipinski definition) is 4. The third kappa shape index (κ3) is 4.57. The lowest BCUT2D eigenvalue weighted by molar-refractivity contribution is 0.0943. The van der Waals surface area contributed by atoms with Crippen LogP contribution in [0.3, 0.4) is 0 Å². The molecule has 2 heterocycles. The summed E-state index contributed by atoms with van der Waals surface area (Å²) in [5.41, 5.74) is 7.29. The van der Waals surface area contributed by atoms with Crippen molar-refractivity contribution < 1.29 is 22.7 Å². The van der Waals surface area contributed by atoms with Gasteiger partial charge in [0.15, 0.2) is 11.6 Å². The Hall–Kier alpha value is -3.07. The van der Waals surface area contributed by atoms with Crippen molar-refractivity contribution in [2.75, 3.05) is 6.54 Å². The van der Waals surface area contributed by atoms with E-state index in [9.17, 15) is 18.0 Å². The van der Waals surface area contributed by atoms with E-state index >= 15 is 0 Å². The molecule has 0 radical (unpaired) electrons. The maximum absolute atomic E-state index is 14.0. The second kappa shape index (κ2) is 9.20. The third-order valence-electron chi connectivity index (χ3n) is 5.76. The molecule has 0 saturated carbocycles. The van der Waals surface area contributed by atoms with E-state index in [1.54, 1.807) is 26.0 Å². The summed E-state index contributed by atoms with van der Waals surface area (Å²) >= 11 is 0. The Morgan fingerprint density at radius 2 is 1.81 bits per heavy atom. The van der Waals surface area contributed by atoms with E-state index in [1.165, 1.54) is 4.52 Å². The molecule has 0 aliphatic carbocycles. The van der Waals surface area contributed by atoms with Gasteiger partial charge in [-0.2, -0.15) is 9.61 Å². The van der Waals surface area contributed by atoms with Gasteiger partial charge in [0, 0.05) is 18.2 Å². The maximum atomic E-state index is 14.0. The molecule has 0 aliphatic heterocycles. The molecule has 0 bridgehead atoms. The van der Waals surface area contributed by atoms with Crippen LogP contribution in [0.25, 0.3) is 5.52 Å². The third-order valence-corrected chi connectivity index (χ3v) is 5.76. The van der Waals surface area contributed by atoms with E-state index in [0.717, 1.165) is 11.6 Å². The predicted octanol–water partition coefficient (Wildman–Crippen LogP) is 4.19. The molecule has 0 aliphatic rings. The quantitative estimate of drug-likeness (QED) is 0.506. The lowest BCUT2D eigenvalue weighted by Gasteiger charge is -2.26. The van der Waals surface area contributed by atoms with Crippen LogP contribution in [0.1, 0.15) is 53.9 Å². The molecular formula is C23H27F3N4O2. The zero-order chi connectivity index (χ0) is 23.6. The highest BCUT2D eigenvalue weighted by atomic mass is 19.2. The van der Waals surface area contributed by atoms with Crippen LogP contribution in [-0.2, 0) is 6.61 Å². The first-order valence-corrected chi connectivity index (χ1v) is 10.4. The van der Waals surface area contributed by atoms with Crippen molar-refractivity contribution >= 4 is 11.4 Å². The molecule has 1 amide bonds. The zero-order valence-corrected chi connectivity index (χ0v) is 18.6. The van der Waals surface area contributed by atoms with E-state index in [1.807, 2.05) is 13.8 Å². The highest BCUT2D eigenvalue weighted by molar-refractivity contribution is 6.02. The van der Waals surface area contributed by atoms with E-state index in [-0.39, 0.29) is 11.8 Å². The van der Waals surface area contributed by atoms with E-state index in [0.29, 0.717) is 42.2 Å². The largest absolute Gasteiger partial charge is 0.473 e. The fourth-order valence-electron chi connectivity index (χ4n) is 3.44. The Morgan fingerprint density at radius 3 is 2.47 bits per heavy atom. The molecule has 6 nitrogen and oxygen atoms in total. The number of pyridine rings is 1. The summed E-state index contributed by atoms with van der Waals surface area (Å²) in [7, 11) is 0. The average molecular weight is 448 g/mol. The molecule has 9 heteroatoms. The van der Waals surface area contributed by atoms with Crippen LogP contribution in [0.15, 0.2) is 24.3 Å². The van der Waals surface area contributed by atoms with Crippen LogP contribution in [0.5, 0.6) is 5.88 Å².